The molecule has 1 aromatic rings. The molecule has 0 bridgehead atoms. The summed E-state index contributed by atoms with van der Waals surface area (Å²) in [6, 6.07) is 3.97. The Labute approximate surface area is 99.8 Å². The van der Waals surface area contributed by atoms with Gasteiger partial charge in [-0.1, -0.05) is 15.9 Å². The fraction of sp³-hybridized carbons (Fsp3) is 0.400. The van der Waals surface area contributed by atoms with E-state index < -0.39 is 0 Å². The standard InChI is InChI=1S/C10H10Br2O2/c1-6-8(11)2-3-9(12)10(6)14-5-7-4-13-7/h2-3,7H,4-5H2,1H3. The molecule has 4 heteroatoms. The summed E-state index contributed by atoms with van der Waals surface area (Å²) in [7, 11) is 0. The first kappa shape index (κ1) is 10.5. The molecule has 1 unspecified atom stereocenters. The van der Waals surface area contributed by atoms with Gasteiger partial charge < -0.3 is 9.47 Å². The molecule has 2 nitrogen and oxygen atoms in total. The van der Waals surface area contributed by atoms with E-state index in [4.69, 9.17) is 9.47 Å². The highest BCUT2D eigenvalue weighted by Crippen LogP contribution is 2.34. The zero-order chi connectivity index (χ0) is 10.1. The molecule has 1 aromatic carbocycles. The van der Waals surface area contributed by atoms with Gasteiger partial charge in [-0.25, -0.2) is 0 Å². The summed E-state index contributed by atoms with van der Waals surface area (Å²) in [6.45, 7) is 3.48. The van der Waals surface area contributed by atoms with Crippen LogP contribution in [0.3, 0.4) is 0 Å². The molecule has 2 rings (SSSR count). The number of epoxide rings is 1. The minimum absolute atomic E-state index is 0.292. The Kier molecular flexibility index (Phi) is 3.14. The summed E-state index contributed by atoms with van der Waals surface area (Å²) in [5.41, 5.74) is 1.11. The highest BCUT2D eigenvalue weighted by atomic mass is 79.9. The summed E-state index contributed by atoms with van der Waals surface area (Å²) in [6.07, 6.45) is 0.292. The third-order valence-electron chi connectivity index (χ3n) is 2.11. The van der Waals surface area contributed by atoms with Crippen molar-refractivity contribution in [2.24, 2.45) is 0 Å². The van der Waals surface area contributed by atoms with E-state index in [-0.39, 0.29) is 0 Å². The molecular formula is C10H10Br2O2. The van der Waals surface area contributed by atoms with Gasteiger partial charge in [-0.2, -0.15) is 0 Å². The highest BCUT2D eigenvalue weighted by molar-refractivity contribution is 9.11. The van der Waals surface area contributed by atoms with Crippen LogP contribution >= 0.6 is 31.9 Å². The normalized spacial score (nSPS) is 19.5. The van der Waals surface area contributed by atoms with Crippen molar-refractivity contribution in [3.05, 3.63) is 26.6 Å². The van der Waals surface area contributed by atoms with Gasteiger partial charge in [0.2, 0.25) is 0 Å². The maximum absolute atomic E-state index is 5.67. The number of hydrogen-bond donors (Lipinski definition) is 0. The molecule has 0 radical (unpaired) electrons. The fourth-order valence-corrected chi connectivity index (χ4v) is 2.01. The molecule has 0 spiro atoms. The van der Waals surface area contributed by atoms with Crippen molar-refractivity contribution >= 4 is 31.9 Å². The molecule has 0 aromatic heterocycles. The minimum atomic E-state index is 0.292. The summed E-state index contributed by atoms with van der Waals surface area (Å²) in [5, 5.41) is 0. The van der Waals surface area contributed by atoms with E-state index >= 15 is 0 Å². The molecule has 1 heterocycles. The second-order valence-corrected chi connectivity index (χ2v) is 4.96. The fourth-order valence-electron chi connectivity index (χ4n) is 1.15. The van der Waals surface area contributed by atoms with Gasteiger partial charge >= 0.3 is 0 Å². The molecule has 0 N–H and O–H groups in total. The molecule has 0 amide bonds. The van der Waals surface area contributed by atoms with E-state index in [0.717, 1.165) is 26.9 Å². The Balaban J connectivity index is 2.16. The van der Waals surface area contributed by atoms with Crippen molar-refractivity contribution in [1.82, 2.24) is 0 Å². The van der Waals surface area contributed by atoms with Crippen LogP contribution in [0.4, 0.5) is 0 Å². The van der Waals surface area contributed by atoms with Gasteiger partial charge in [0.1, 0.15) is 18.5 Å². The van der Waals surface area contributed by atoms with Crippen LogP contribution in [0.5, 0.6) is 5.75 Å². The summed E-state index contributed by atoms with van der Waals surface area (Å²) in [4.78, 5) is 0. The Hall–Kier alpha value is -0.0600. The monoisotopic (exact) mass is 320 g/mol. The smallest absolute Gasteiger partial charge is 0.137 e. The molecule has 1 aliphatic heterocycles. The predicted octanol–water partition coefficient (Wildman–Crippen LogP) is 3.30. The maximum atomic E-state index is 5.67. The number of rotatable bonds is 3. The first-order valence-corrected chi connectivity index (χ1v) is 5.96. The molecule has 1 atom stereocenters. The Morgan fingerprint density at radius 2 is 2.07 bits per heavy atom. The number of halogens is 2. The third kappa shape index (κ3) is 2.30. The quantitative estimate of drug-likeness (QED) is 0.797. The van der Waals surface area contributed by atoms with E-state index in [1.807, 2.05) is 19.1 Å². The molecule has 1 fully saturated rings. The summed E-state index contributed by atoms with van der Waals surface area (Å²) >= 11 is 6.94. The van der Waals surface area contributed by atoms with Crippen molar-refractivity contribution in [2.45, 2.75) is 13.0 Å². The largest absolute Gasteiger partial charge is 0.489 e. The first-order chi connectivity index (χ1) is 6.68. The van der Waals surface area contributed by atoms with Gasteiger partial charge in [0, 0.05) is 10.0 Å². The summed E-state index contributed by atoms with van der Waals surface area (Å²) < 4.78 is 12.8. The van der Waals surface area contributed by atoms with E-state index in [9.17, 15) is 0 Å². The van der Waals surface area contributed by atoms with Crippen molar-refractivity contribution in [3.8, 4) is 5.75 Å². The lowest BCUT2D eigenvalue weighted by atomic mass is 10.2. The van der Waals surface area contributed by atoms with Crippen LogP contribution in [0.2, 0.25) is 0 Å². The Morgan fingerprint density at radius 3 is 2.71 bits per heavy atom. The highest BCUT2D eigenvalue weighted by Gasteiger charge is 2.24. The second kappa shape index (κ2) is 4.21. The van der Waals surface area contributed by atoms with Crippen molar-refractivity contribution in [2.75, 3.05) is 13.2 Å². The number of ether oxygens (including phenoxy) is 2. The molecule has 76 valence electrons. The zero-order valence-corrected chi connectivity index (χ0v) is 10.9. The van der Waals surface area contributed by atoms with Gasteiger partial charge in [0.25, 0.3) is 0 Å². The second-order valence-electron chi connectivity index (χ2n) is 3.25. The van der Waals surface area contributed by atoms with Crippen molar-refractivity contribution < 1.29 is 9.47 Å². The van der Waals surface area contributed by atoms with E-state index in [0.29, 0.717) is 12.7 Å². The van der Waals surface area contributed by atoms with Crippen molar-refractivity contribution in [3.63, 3.8) is 0 Å². The molecule has 14 heavy (non-hydrogen) atoms. The van der Waals surface area contributed by atoms with Crippen LogP contribution in [0.25, 0.3) is 0 Å². The zero-order valence-electron chi connectivity index (χ0n) is 7.72. The first-order valence-electron chi connectivity index (χ1n) is 4.37. The van der Waals surface area contributed by atoms with Crippen LogP contribution in [0, 0.1) is 6.92 Å². The van der Waals surface area contributed by atoms with E-state index in [1.54, 1.807) is 0 Å². The lowest BCUT2D eigenvalue weighted by Gasteiger charge is -2.11. The number of benzene rings is 1. The summed E-state index contributed by atoms with van der Waals surface area (Å²) in [5.74, 6) is 0.898. The van der Waals surface area contributed by atoms with Crippen LogP contribution in [-0.2, 0) is 4.74 Å². The molecular weight excluding hydrogens is 312 g/mol. The lowest BCUT2D eigenvalue weighted by Crippen LogP contribution is -2.05. The topological polar surface area (TPSA) is 21.8 Å². The van der Waals surface area contributed by atoms with Crippen LogP contribution < -0.4 is 4.74 Å². The minimum Gasteiger partial charge on any atom is -0.489 e. The van der Waals surface area contributed by atoms with Crippen LogP contribution in [-0.4, -0.2) is 19.3 Å². The Bertz CT molecular complexity index is 348. The van der Waals surface area contributed by atoms with Gasteiger partial charge in [0.15, 0.2) is 0 Å². The van der Waals surface area contributed by atoms with E-state index in [1.165, 1.54) is 0 Å². The molecule has 1 aliphatic rings. The average molecular weight is 322 g/mol. The SMILES string of the molecule is Cc1c(Br)ccc(Br)c1OCC1CO1. The number of hydrogen-bond acceptors (Lipinski definition) is 2. The predicted molar refractivity (Wildman–Crippen MR) is 61.8 cm³/mol. The maximum Gasteiger partial charge on any atom is 0.137 e. The molecule has 1 saturated heterocycles. The van der Waals surface area contributed by atoms with Gasteiger partial charge in [-0.15, -0.1) is 0 Å². The molecule has 0 aliphatic carbocycles. The Morgan fingerprint density at radius 1 is 1.43 bits per heavy atom. The third-order valence-corrected chi connectivity index (χ3v) is 3.59. The van der Waals surface area contributed by atoms with Gasteiger partial charge in [0.05, 0.1) is 11.1 Å². The van der Waals surface area contributed by atoms with Gasteiger partial charge in [-0.05, 0) is 35.0 Å². The van der Waals surface area contributed by atoms with E-state index in [2.05, 4.69) is 31.9 Å². The lowest BCUT2D eigenvalue weighted by molar-refractivity contribution is 0.260. The van der Waals surface area contributed by atoms with Gasteiger partial charge in [-0.3, -0.25) is 0 Å². The molecule has 0 saturated carbocycles. The van der Waals surface area contributed by atoms with Crippen molar-refractivity contribution in [1.29, 1.82) is 0 Å². The average Bonchev–Trinajstić information content (AvgIpc) is 2.95. The van der Waals surface area contributed by atoms with Crippen LogP contribution in [0.15, 0.2) is 21.1 Å². The van der Waals surface area contributed by atoms with Crippen LogP contribution in [0.1, 0.15) is 5.56 Å².